The van der Waals surface area contributed by atoms with Crippen molar-refractivity contribution in [3.05, 3.63) is 316 Å². The van der Waals surface area contributed by atoms with Gasteiger partial charge in [0, 0.05) is 98.0 Å². The number of amides is 6. The largest absolute Gasteiger partial charge is 0.481 e. The maximum absolute atomic E-state index is 12.7. The number of carbonyl (C=O) groups excluding carboxylic acids is 6. The molecule has 6 aromatic carbocycles. The standard InChI is InChI=1S/C25H19ClN4O3.C25H19ClN4O2.C24H18ClN5O2/c1-33-23-12-10-19(15-28-23)30-25(32)17-7-5-16(6-8-17)24(31)29-18-9-11-21(26)20(14-18)22-4-2-3-13-27-22;26-22-12-11-19(15-21(22)23-6-2-4-14-28-23)30-25(32)18-9-7-17(8-10-18)24(31)29-16-20-5-1-3-13-27-20;25-20-10-8-17(13-19(20)21-3-1-2-12-27-21)29-23(31)15-4-6-16(7-5-15)24(32)30-18-9-11-22(26)28-14-18/h2-15H,1H3,(H,29,31)(H,30,32);1-15H,16H2,(H,29,31)(H,30,32);1-14H,(H2,26,28)(H,29,31)(H,30,32). The van der Waals surface area contributed by atoms with Crippen LogP contribution in [0.2, 0.25) is 15.1 Å². The van der Waals surface area contributed by atoms with Crippen molar-refractivity contribution in [1.29, 1.82) is 0 Å². The SMILES string of the molecule is COc1ccc(NC(=O)c2ccc(C(=O)Nc3ccc(Cl)c(-c4ccccn4)c3)cc2)cn1.Nc1ccc(NC(=O)c2ccc(C(=O)Nc3ccc(Cl)c(-c4ccccn4)c3)cc2)cn1.O=C(NCc1ccccn1)c1ccc(C(=O)Nc2ccc(Cl)c(-c3ccccn3)c2)cc1. The van der Waals surface area contributed by atoms with E-state index in [1.807, 2.05) is 72.8 Å². The van der Waals surface area contributed by atoms with Gasteiger partial charge in [0.1, 0.15) is 5.82 Å². The lowest BCUT2D eigenvalue weighted by molar-refractivity contribution is 0.0946. The van der Waals surface area contributed by atoms with Crippen LogP contribution in [0.3, 0.4) is 0 Å². The van der Waals surface area contributed by atoms with Gasteiger partial charge in [-0.05, 0) is 194 Å². The summed E-state index contributed by atoms with van der Waals surface area (Å²) in [6.45, 7) is 0.330. The van der Waals surface area contributed by atoms with Crippen molar-refractivity contribution in [3.63, 3.8) is 0 Å². The second-order valence-electron chi connectivity index (χ2n) is 20.8. The molecule has 20 nitrogen and oxygen atoms in total. The fourth-order valence-corrected chi connectivity index (χ4v) is 9.77. The normalized spacial score (nSPS) is 10.4. The molecule has 12 rings (SSSR count). The summed E-state index contributed by atoms with van der Waals surface area (Å²) in [5, 5.41) is 18.4. The highest BCUT2D eigenvalue weighted by Crippen LogP contribution is 2.32. The molecule has 480 valence electrons. The van der Waals surface area contributed by atoms with E-state index in [4.69, 9.17) is 45.3 Å². The number of aromatic nitrogens is 6. The summed E-state index contributed by atoms with van der Waals surface area (Å²) < 4.78 is 5.00. The van der Waals surface area contributed by atoms with Crippen molar-refractivity contribution in [2.75, 3.05) is 39.4 Å². The first-order chi connectivity index (χ1) is 47.1. The number of anilines is 6. The highest BCUT2D eigenvalue weighted by Gasteiger charge is 2.17. The quantitative estimate of drug-likeness (QED) is 0.0446. The second-order valence-corrected chi connectivity index (χ2v) is 22.0. The number of pyridine rings is 6. The third-order valence-corrected chi connectivity index (χ3v) is 15.1. The van der Waals surface area contributed by atoms with Gasteiger partial charge in [-0.15, -0.1) is 0 Å². The van der Waals surface area contributed by atoms with Crippen molar-refractivity contribution in [1.82, 2.24) is 35.2 Å². The van der Waals surface area contributed by atoms with Crippen molar-refractivity contribution < 1.29 is 33.5 Å². The molecule has 0 saturated heterocycles. The van der Waals surface area contributed by atoms with E-state index in [0.717, 1.165) is 22.5 Å². The number of nitrogens with one attached hydrogen (secondary N) is 6. The van der Waals surface area contributed by atoms with E-state index in [1.165, 1.54) is 19.5 Å². The predicted octanol–water partition coefficient (Wildman–Crippen LogP) is 15.2. The number of nitrogens with two attached hydrogens (primary N) is 1. The molecule has 8 N–H and O–H groups in total. The zero-order valence-corrected chi connectivity index (χ0v) is 53.6. The molecule has 0 aliphatic carbocycles. The zero-order valence-electron chi connectivity index (χ0n) is 51.3. The first-order valence-corrected chi connectivity index (χ1v) is 30.7. The third-order valence-electron chi connectivity index (χ3n) is 14.1. The Bertz CT molecular complexity index is 4730. The molecule has 0 radical (unpaired) electrons. The van der Waals surface area contributed by atoms with Crippen molar-refractivity contribution in [2.45, 2.75) is 6.54 Å². The zero-order chi connectivity index (χ0) is 68.0. The number of halogens is 3. The maximum atomic E-state index is 12.7. The van der Waals surface area contributed by atoms with E-state index in [-0.39, 0.29) is 35.4 Å². The van der Waals surface area contributed by atoms with Crippen LogP contribution in [0.4, 0.5) is 34.3 Å². The van der Waals surface area contributed by atoms with Gasteiger partial charge >= 0.3 is 0 Å². The number of carbonyl (C=O) groups is 6. The number of rotatable bonds is 17. The summed E-state index contributed by atoms with van der Waals surface area (Å²) in [5.41, 5.74) is 15.9. The molecule has 97 heavy (non-hydrogen) atoms. The highest BCUT2D eigenvalue weighted by atomic mass is 35.5. The van der Waals surface area contributed by atoms with Crippen LogP contribution in [-0.2, 0) is 6.54 Å². The van der Waals surface area contributed by atoms with E-state index in [9.17, 15) is 28.8 Å². The third kappa shape index (κ3) is 18.9. The molecule has 0 saturated carbocycles. The summed E-state index contributed by atoms with van der Waals surface area (Å²) >= 11 is 18.9. The minimum absolute atomic E-state index is 0.236. The van der Waals surface area contributed by atoms with Gasteiger partial charge in [-0.3, -0.25) is 48.7 Å². The number of nitrogens with zero attached hydrogens (tertiary/aromatic N) is 6. The Morgan fingerprint density at radius 3 is 0.969 bits per heavy atom. The Morgan fingerprint density at radius 2 is 0.670 bits per heavy atom. The smallest absolute Gasteiger partial charge is 0.255 e. The molecule has 6 heterocycles. The van der Waals surface area contributed by atoms with Crippen LogP contribution in [0.15, 0.2) is 262 Å². The molecule has 6 amide bonds. The summed E-state index contributed by atoms with van der Waals surface area (Å²) in [5.74, 6) is -0.958. The molecular weight excluding hydrogens is 1290 g/mol. The molecule has 0 atom stereocenters. The van der Waals surface area contributed by atoms with Gasteiger partial charge in [-0.25, -0.2) is 9.97 Å². The summed E-state index contributed by atoms with van der Waals surface area (Å²) in [4.78, 5) is 100. The number of benzene rings is 6. The number of ether oxygens (including phenoxy) is 1. The van der Waals surface area contributed by atoms with Crippen LogP contribution < -0.4 is 42.4 Å². The molecule has 23 heteroatoms. The number of nitrogen functional groups attached to an aromatic ring is 1. The fourth-order valence-electron chi connectivity index (χ4n) is 9.13. The number of hydrogen-bond donors (Lipinski definition) is 7. The number of hydrogen-bond acceptors (Lipinski definition) is 14. The Balaban J connectivity index is 0.000000158. The molecule has 0 fully saturated rings. The lowest BCUT2D eigenvalue weighted by Crippen LogP contribution is -2.23. The van der Waals surface area contributed by atoms with Crippen LogP contribution in [0.5, 0.6) is 5.88 Å². The molecule has 0 bridgehead atoms. The maximum Gasteiger partial charge on any atom is 0.255 e. The first kappa shape index (κ1) is 67.4. The summed E-state index contributed by atoms with van der Waals surface area (Å²) in [6, 6.07) is 63.5. The van der Waals surface area contributed by atoms with Crippen molar-refractivity contribution >= 4 is 105 Å². The fraction of sp³-hybridized carbons (Fsp3) is 0.0270. The predicted molar refractivity (Wildman–Crippen MR) is 378 cm³/mol. The Kier molecular flexibility index (Phi) is 22.8. The molecule has 6 aromatic heterocycles. The van der Waals surface area contributed by atoms with Crippen molar-refractivity contribution in [3.8, 4) is 39.7 Å². The Labute approximate surface area is 571 Å². The molecule has 0 spiro atoms. The van der Waals surface area contributed by atoms with Crippen LogP contribution in [-0.4, -0.2) is 72.5 Å². The van der Waals surface area contributed by atoms with E-state index in [1.54, 1.807) is 176 Å². The average molecular weight is 1350 g/mol. The Morgan fingerprint density at radius 1 is 0.351 bits per heavy atom. The van der Waals surface area contributed by atoms with Crippen LogP contribution in [0.25, 0.3) is 33.8 Å². The van der Waals surface area contributed by atoms with Crippen LogP contribution in [0, 0.1) is 0 Å². The van der Waals surface area contributed by atoms with Gasteiger partial charge in [0.15, 0.2) is 0 Å². The van der Waals surface area contributed by atoms with Gasteiger partial charge in [0.05, 0.1) is 75.3 Å². The first-order valence-electron chi connectivity index (χ1n) is 29.5. The van der Waals surface area contributed by atoms with Gasteiger partial charge < -0.3 is 42.4 Å². The van der Waals surface area contributed by atoms with Crippen molar-refractivity contribution in [2.24, 2.45) is 0 Å². The van der Waals surface area contributed by atoms with E-state index >= 15 is 0 Å². The van der Waals surface area contributed by atoms with Gasteiger partial charge in [0.25, 0.3) is 35.4 Å². The minimum atomic E-state index is -0.318. The lowest BCUT2D eigenvalue weighted by Gasteiger charge is -2.10. The molecule has 0 aliphatic rings. The van der Waals surface area contributed by atoms with Gasteiger partial charge in [-0.1, -0.05) is 59.1 Å². The van der Waals surface area contributed by atoms with E-state index < -0.39 is 0 Å². The van der Waals surface area contributed by atoms with E-state index in [0.29, 0.717) is 112 Å². The molecular formula is C74H56Cl3N13O7. The number of methoxy groups -OCH3 is 1. The van der Waals surface area contributed by atoms with E-state index in [2.05, 4.69) is 61.8 Å². The van der Waals surface area contributed by atoms with Gasteiger partial charge in [-0.2, -0.15) is 0 Å². The summed E-state index contributed by atoms with van der Waals surface area (Å²) in [7, 11) is 1.52. The highest BCUT2D eigenvalue weighted by molar-refractivity contribution is 6.34. The lowest BCUT2D eigenvalue weighted by atomic mass is 10.1. The molecule has 12 aromatic rings. The van der Waals surface area contributed by atoms with Gasteiger partial charge in [0.2, 0.25) is 5.88 Å². The van der Waals surface area contributed by atoms with Crippen LogP contribution in [0.1, 0.15) is 67.8 Å². The average Bonchev–Trinajstić information content (AvgIpc) is 1.00. The minimum Gasteiger partial charge on any atom is -0.481 e. The summed E-state index contributed by atoms with van der Waals surface area (Å²) in [6.07, 6.45) is 9.70. The topological polar surface area (TPSA) is 287 Å². The monoisotopic (exact) mass is 1340 g/mol. The molecule has 0 aliphatic heterocycles. The Hall–Kier alpha value is -12.5. The second kappa shape index (κ2) is 32.9. The molecule has 0 unspecified atom stereocenters. The van der Waals surface area contributed by atoms with Crippen LogP contribution >= 0.6 is 34.8 Å².